The summed E-state index contributed by atoms with van der Waals surface area (Å²) in [5.74, 6) is 0.127. The van der Waals surface area contributed by atoms with Crippen LogP contribution in [0.4, 0.5) is 5.69 Å². The molecule has 1 aliphatic heterocycles. The summed E-state index contributed by atoms with van der Waals surface area (Å²) in [6.45, 7) is 0.792. The summed E-state index contributed by atoms with van der Waals surface area (Å²) in [4.78, 5) is 23.7. The molecule has 0 saturated carbocycles. The van der Waals surface area contributed by atoms with Crippen molar-refractivity contribution in [1.29, 1.82) is 0 Å². The standard InChI is InChI=1S/C20H19N3OS/c24-20(23-11-5-7-15-6-1-2-9-18(15)23)13-17-14-25-19(22-17)12-16-8-3-4-10-21-16/h1-4,6,8-10,14H,5,7,11-13H2. The molecule has 0 atom stereocenters. The Morgan fingerprint density at radius 3 is 2.88 bits per heavy atom. The van der Waals surface area contributed by atoms with Gasteiger partial charge in [0.1, 0.15) is 0 Å². The Bertz CT molecular complexity index is 875. The van der Waals surface area contributed by atoms with Crippen LogP contribution in [-0.4, -0.2) is 22.4 Å². The number of anilines is 1. The highest BCUT2D eigenvalue weighted by Crippen LogP contribution is 2.27. The van der Waals surface area contributed by atoms with Gasteiger partial charge in [0, 0.05) is 35.9 Å². The Hall–Kier alpha value is -2.53. The van der Waals surface area contributed by atoms with Crippen molar-refractivity contribution in [1.82, 2.24) is 9.97 Å². The van der Waals surface area contributed by atoms with E-state index in [0.717, 1.165) is 41.5 Å². The third-order valence-electron chi connectivity index (χ3n) is 4.40. The first kappa shape index (κ1) is 16.0. The molecule has 0 aliphatic carbocycles. The van der Waals surface area contributed by atoms with Crippen LogP contribution in [-0.2, 0) is 24.1 Å². The molecule has 5 heteroatoms. The fourth-order valence-corrected chi connectivity index (χ4v) is 4.02. The number of aromatic nitrogens is 2. The number of carbonyl (C=O) groups is 1. The average molecular weight is 349 g/mol. The highest BCUT2D eigenvalue weighted by molar-refractivity contribution is 7.09. The fraction of sp³-hybridized carbons (Fsp3) is 0.250. The molecule has 0 spiro atoms. The van der Waals surface area contributed by atoms with Crippen molar-refractivity contribution in [3.63, 3.8) is 0 Å². The van der Waals surface area contributed by atoms with Crippen LogP contribution in [0.2, 0.25) is 0 Å². The van der Waals surface area contributed by atoms with Gasteiger partial charge in [-0.1, -0.05) is 24.3 Å². The van der Waals surface area contributed by atoms with E-state index in [1.54, 1.807) is 17.5 Å². The monoisotopic (exact) mass is 349 g/mol. The Morgan fingerprint density at radius 1 is 1.12 bits per heavy atom. The lowest BCUT2D eigenvalue weighted by Gasteiger charge is -2.29. The second kappa shape index (κ2) is 7.15. The predicted octanol–water partition coefficient (Wildman–Crippen LogP) is 3.65. The maximum atomic E-state index is 12.8. The molecule has 0 fully saturated rings. The third kappa shape index (κ3) is 3.61. The average Bonchev–Trinajstić information content (AvgIpc) is 3.09. The summed E-state index contributed by atoms with van der Waals surface area (Å²) >= 11 is 1.60. The number of rotatable bonds is 4. The number of thiazole rings is 1. The van der Waals surface area contributed by atoms with E-state index in [-0.39, 0.29) is 5.91 Å². The molecule has 25 heavy (non-hydrogen) atoms. The summed E-state index contributed by atoms with van der Waals surface area (Å²) in [6.07, 6.45) is 4.93. The molecule has 126 valence electrons. The van der Waals surface area contributed by atoms with Crippen LogP contribution in [0.5, 0.6) is 0 Å². The molecule has 0 bridgehead atoms. The molecule has 2 aromatic heterocycles. The Kier molecular flexibility index (Phi) is 4.57. The molecule has 1 amide bonds. The summed E-state index contributed by atoms with van der Waals surface area (Å²) in [6, 6.07) is 14.1. The minimum absolute atomic E-state index is 0.127. The highest BCUT2D eigenvalue weighted by Gasteiger charge is 2.22. The maximum Gasteiger partial charge on any atom is 0.233 e. The maximum absolute atomic E-state index is 12.8. The normalized spacial score (nSPS) is 13.5. The quantitative estimate of drug-likeness (QED) is 0.722. The van der Waals surface area contributed by atoms with Gasteiger partial charge in [0.2, 0.25) is 5.91 Å². The molecule has 0 radical (unpaired) electrons. The van der Waals surface area contributed by atoms with Crippen molar-refractivity contribution >= 4 is 22.9 Å². The molecular weight excluding hydrogens is 330 g/mol. The number of hydrogen-bond donors (Lipinski definition) is 0. The van der Waals surface area contributed by atoms with Gasteiger partial charge in [0.15, 0.2) is 0 Å². The van der Waals surface area contributed by atoms with Crippen LogP contribution in [0, 0.1) is 0 Å². The predicted molar refractivity (Wildman–Crippen MR) is 100.0 cm³/mol. The highest BCUT2D eigenvalue weighted by atomic mass is 32.1. The molecule has 0 N–H and O–H groups in total. The Morgan fingerprint density at radius 2 is 2.00 bits per heavy atom. The van der Waals surface area contributed by atoms with Gasteiger partial charge in [0.05, 0.1) is 17.1 Å². The van der Waals surface area contributed by atoms with Gasteiger partial charge in [-0.05, 0) is 36.6 Å². The molecular formula is C20H19N3OS. The first-order valence-corrected chi connectivity index (χ1v) is 9.39. The summed E-state index contributed by atoms with van der Waals surface area (Å²) in [7, 11) is 0. The Labute approximate surface area is 151 Å². The van der Waals surface area contributed by atoms with Crippen molar-refractivity contribution in [3.8, 4) is 0 Å². The van der Waals surface area contributed by atoms with E-state index in [9.17, 15) is 4.79 Å². The third-order valence-corrected chi connectivity index (χ3v) is 5.30. The van der Waals surface area contributed by atoms with E-state index in [1.807, 2.05) is 46.7 Å². The topological polar surface area (TPSA) is 46.1 Å². The lowest BCUT2D eigenvalue weighted by molar-refractivity contribution is -0.118. The van der Waals surface area contributed by atoms with Crippen LogP contribution in [0.3, 0.4) is 0 Å². The molecule has 0 unspecified atom stereocenters. The van der Waals surface area contributed by atoms with Crippen LogP contribution in [0.1, 0.15) is 28.4 Å². The molecule has 3 heterocycles. The molecule has 3 aromatic rings. The van der Waals surface area contributed by atoms with Gasteiger partial charge in [-0.15, -0.1) is 11.3 Å². The first-order chi connectivity index (χ1) is 12.3. The van der Waals surface area contributed by atoms with Crippen molar-refractivity contribution in [2.24, 2.45) is 0 Å². The second-order valence-electron chi connectivity index (χ2n) is 6.18. The van der Waals surface area contributed by atoms with Crippen LogP contribution >= 0.6 is 11.3 Å². The number of fused-ring (bicyclic) bond motifs is 1. The summed E-state index contributed by atoms with van der Waals surface area (Å²) in [5.41, 5.74) is 4.17. The molecule has 0 saturated heterocycles. The zero-order valence-corrected chi connectivity index (χ0v) is 14.7. The van der Waals surface area contributed by atoms with Crippen LogP contribution < -0.4 is 4.90 Å². The lowest BCUT2D eigenvalue weighted by Crippen LogP contribution is -2.36. The number of nitrogens with zero attached hydrogens (tertiary/aromatic N) is 3. The van der Waals surface area contributed by atoms with E-state index < -0.39 is 0 Å². The number of amides is 1. The van der Waals surface area contributed by atoms with Crippen LogP contribution in [0.25, 0.3) is 0 Å². The summed E-state index contributed by atoms with van der Waals surface area (Å²) in [5, 5.41) is 2.99. The van der Waals surface area contributed by atoms with E-state index in [0.29, 0.717) is 12.8 Å². The van der Waals surface area contributed by atoms with Gasteiger partial charge >= 0.3 is 0 Å². The number of hydrogen-bond acceptors (Lipinski definition) is 4. The first-order valence-electron chi connectivity index (χ1n) is 8.51. The number of benzene rings is 1. The fourth-order valence-electron chi connectivity index (χ4n) is 3.21. The van der Waals surface area contributed by atoms with Gasteiger partial charge in [-0.2, -0.15) is 0 Å². The Balaban J connectivity index is 1.45. The van der Waals surface area contributed by atoms with E-state index >= 15 is 0 Å². The number of aryl methyl sites for hydroxylation is 1. The number of carbonyl (C=O) groups excluding carboxylic acids is 1. The molecule has 1 aliphatic rings. The van der Waals surface area contributed by atoms with Gasteiger partial charge in [-0.25, -0.2) is 4.98 Å². The van der Waals surface area contributed by atoms with Gasteiger partial charge in [0.25, 0.3) is 0 Å². The van der Waals surface area contributed by atoms with Gasteiger partial charge in [-0.3, -0.25) is 9.78 Å². The molecule has 4 nitrogen and oxygen atoms in total. The molecule has 4 rings (SSSR count). The number of para-hydroxylation sites is 1. The zero-order chi connectivity index (χ0) is 17.1. The van der Waals surface area contributed by atoms with Gasteiger partial charge < -0.3 is 4.90 Å². The smallest absolute Gasteiger partial charge is 0.233 e. The molecule has 1 aromatic carbocycles. The van der Waals surface area contributed by atoms with Crippen molar-refractivity contribution in [2.75, 3.05) is 11.4 Å². The van der Waals surface area contributed by atoms with Crippen molar-refractivity contribution < 1.29 is 4.79 Å². The SMILES string of the molecule is O=C(Cc1csc(Cc2ccccn2)n1)N1CCCc2ccccc21. The second-order valence-corrected chi connectivity index (χ2v) is 7.13. The minimum Gasteiger partial charge on any atom is -0.312 e. The van der Waals surface area contributed by atoms with E-state index in [4.69, 9.17) is 0 Å². The van der Waals surface area contributed by atoms with Crippen LogP contribution in [0.15, 0.2) is 54.0 Å². The van der Waals surface area contributed by atoms with E-state index in [1.165, 1.54) is 5.56 Å². The van der Waals surface area contributed by atoms with Crippen molar-refractivity contribution in [3.05, 3.63) is 76.0 Å². The lowest BCUT2D eigenvalue weighted by atomic mass is 10.0. The van der Waals surface area contributed by atoms with E-state index in [2.05, 4.69) is 16.0 Å². The minimum atomic E-state index is 0.127. The van der Waals surface area contributed by atoms with Crippen molar-refractivity contribution in [2.45, 2.75) is 25.7 Å². The number of pyridine rings is 1. The zero-order valence-electron chi connectivity index (χ0n) is 13.9. The largest absolute Gasteiger partial charge is 0.312 e. The summed E-state index contributed by atoms with van der Waals surface area (Å²) < 4.78 is 0.